The highest BCUT2D eigenvalue weighted by Crippen LogP contribution is 2.30. The summed E-state index contributed by atoms with van der Waals surface area (Å²) in [7, 11) is 0. The van der Waals surface area contributed by atoms with Crippen molar-refractivity contribution in [3.05, 3.63) is 35.0 Å². The second kappa shape index (κ2) is 8.02. The second-order valence-corrected chi connectivity index (χ2v) is 8.43. The summed E-state index contributed by atoms with van der Waals surface area (Å²) in [4.78, 5) is 18.5. The molecule has 1 saturated heterocycles. The van der Waals surface area contributed by atoms with E-state index in [-0.39, 0.29) is 18.0 Å². The summed E-state index contributed by atoms with van der Waals surface area (Å²) in [5, 5.41) is 11.6. The number of ether oxygens (including phenoxy) is 1. The van der Waals surface area contributed by atoms with Crippen molar-refractivity contribution in [3.63, 3.8) is 0 Å². The number of hydrazine groups is 2. The number of carbonyl (C=O) groups is 1. The number of nitrogens with zero attached hydrogens (tertiary/aromatic N) is 3. The van der Waals surface area contributed by atoms with Gasteiger partial charge in [-0.15, -0.1) is 0 Å². The average Bonchev–Trinajstić information content (AvgIpc) is 3.15. The molecule has 2 heterocycles. The Morgan fingerprint density at radius 2 is 2.14 bits per heavy atom. The first-order valence-corrected chi connectivity index (χ1v) is 9.64. The maximum atomic E-state index is 12.4. The number of amidine groups is 1. The fraction of sp³-hybridized carbons (Fsp3) is 0.421. The van der Waals surface area contributed by atoms with Crippen LogP contribution in [0.15, 0.2) is 24.3 Å². The van der Waals surface area contributed by atoms with Crippen molar-refractivity contribution in [2.75, 3.05) is 18.1 Å². The maximum absolute atomic E-state index is 12.4. The number of pyridine rings is 1. The zero-order chi connectivity index (χ0) is 21.3. The number of carbonyl (C=O) groups excluding carboxylic acids is 1. The Balaban J connectivity index is 1.90. The van der Waals surface area contributed by atoms with Gasteiger partial charge in [-0.25, -0.2) is 21.5 Å². The van der Waals surface area contributed by atoms with E-state index in [1.54, 1.807) is 23.1 Å². The van der Waals surface area contributed by atoms with Gasteiger partial charge in [0.1, 0.15) is 11.3 Å². The minimum atomic E-state index is -0.560. The van der Waals surface area contributed by atoms with Gasteiger partial charge >= 0.3 is 6.09 Å². The molecule has 0 bridgehead atoms. The number of hydrogen-bond acceptors (Lipinski definition) is 7. The molecule has 0 spiro atoms. The Morgan fingerprint density at radius 3 is 2.79 bits per heavy atom. The largest absolute Gasteiger partial charge is 0.444 e. The molecule has 3 rings (SSSR count). The van der Waals surface area contributed by atoms with Crippen LogP contribution < -0.4 is 22.1 Å². The van der Waals surface area contributed by atoms with Gasteiger partial charge in [-0.2, -0.15) is 0 Å². The number of anilines is 1. The molecular formula is C19H26ClN7O2. The van der Waals surface area contributed by atoms with E-state index in [2.05, 4.69) is 10.4 Å². The summed E-state index contributed by atoms with van der Waals surface area (Å²) in [6, 6.07) is 6.96. The summed E-state index contributed by atoms with van der Waals surface area (Å²) in [5.74, 6) is 12.3. The number of rotatable bonds is 3. The Morgan fingerprint density at radius 1 is 1.41 bits per heavy atom. The van der Waals surface area contributed by atoms with Crippen LogP contribution in [0.25, 0.3) is 10.8 Å². The molecule has 0 saturated carbocycles. The third-order valence-electron chi connectivity index (χ3n) is 4.63. The van der Waals surface area contributed by atoms with Crippen molar-refractivity contribution >= 4 is 40.1 Å². The first-order chi connectivity index (χ1) is 13.6. The SMILES string of the molecule is CC(C)(C)OC(=O)N1CC[C@H](N(N)c2nc(C(=N)NN)cc3ccc(Cl)cc23)C1. The minimum Gasteiger partial charge on any atom is -0.444 e. The van der Waals surface area contributed by atoms with E-state index in [1.807, 2.05) is 26.8 Å². The smallest absolute Gasteiger partial charge is 0.410 e. The lowest BCUT2D eigenvalue weighted by Gasteiger charge is -2.28. The molecule has 1 aliphatic rings. The lowest BCUT2D eigenvalue weighted by atomic mass is 10.1. The van der Waals surface area contributed by atoms with Crippen LogP contribution in [-0.2, 0) is 4.74 Å². The fourth-order valence-electron chi connectivity index (χ4n) is 3.23. The van der Waals surface area contributed by atoms with Crippen molar-refractivity contribution in [1.29, 1.82) is 5.41 Å². The van der Waals surface area contributed by atoms with Gasteiger partial charge < -0.3 is 15.1 Å². The summed E-state index contributed by atoms with van der Waals surface area (Å²) in [5.41, 5.74) is 2.10. The molecule has 1 fully saturated rings. The number of nitrogens with one attached hydrogen (secondary N) is 2. The van der Waals surface area contributed by atoms with E-state index >= 15 is 0 Å². The number of halogens is 1. The van der Waals surface area contributed by atoms with Gasteiger partial charge in [0.2, 0.25) is 0 Å². The topological polar surface area (TPSA) is 134 Å². The van der Waals surface area contributed by atoms with E-state index in [4.69, 9.17) is 33.4 Å². The van der Waals surface area contributed by atoms with Crippen molar-refractivity contribution < 1.29 is 9.53 Å². The highest BCUT2D eigenvalue weighted by atomic mass is 35.5. The molecule has 0 unspecified atom stereocenters. The number of benzene rings is 1. The lowest BCUT2D eigenvalue weighted by molar-refractivity contribution is 0.0292. The standard InChI is InChI=1S/C19H26ClN7O2/c1-19(2,3)29-18(28)26-7-6-13(10-26)27(23)17-14-9-12(20)5-4-11(14)8-15(24-17)16(21)25-22/h4-5,8-9,13H,6-7,10,22-23H2,1-3H3,(H2,21,25)/t13-/m0/s1. The van der Waals surface area contributed by atoms with Gasteiger partial charge in [-0.05, 0) is 50.8 Å². The predicted octanol–water partition coefficient (Wildman–Crippen LogP) is 2.37. The van der Waals surface area contributed by atoms with Gasteiger partial charge in [0, 0.05) is 23.5 Å². The predicted molar refractivity (Wildman–Crippen MR) is 114 cm³/mol. The number of hydrogen-bond donors (Lipinski definition) is 4. The summed E-state index contributed by atoms with van der Waals surface area (Å²) >= 11 is 6.18. The summed E-state index contributed by atoms with van der Waals surface area (Å²) in [6.07, 6.45) is 0.299. The molecule has 29 heavy (non-hydrogen) atoms. The van der Waals surface area contributed by atoms with Crippen LogP contribution in [0, 0.1) is 5.41 Å². The molecule has 156 valence electrons. The third-order valence-corrected chi connectivity index (χ3v) is 4.86. The summed E-state index contributed by atoms with van der Waals surface area (Å²) in [6.45, 7) is 6.44. The molecule has 1 aromatic heterocycles. The van der Waals surface area contributed by atoms with E-state index in [0.29, 0.717) is 36.0 Å². The molecule has 9 nitrogen and oxygen atoms in total. The van der Waals surface area contributed by atoms with Crippen molar-refractivity contribution in [2.45, 2.75) is 38.8 Å². The summed E-state index contributed by atoms with van der Waals surface area (Å²) < 4.78 is 5.45. The first kappa shape index (κ1) is 21.1. The van der Waals surface area contributed by atoms with Crippen LogP contribution in [0.5, 0.6) is 0 Å². The zero-order valence-corrected chi connectivity index (χ0v) is 17.5. The molecule has 10 heteroatoms. The van der Waals surface area contributed by atoms with Gasteiger partial charge in [0.15, 0.2) is 11.7 Å². The highest BCUT2D eigenvalue weighted by molar-refractivity contribution is 6.31. The van der Waals surface area contributed by atoms with Crippen molar-refractivity contribution in [2.24, 2.45) is 11.7 Å². The van der Waals surface area contributed by atoms with Crippen LogP contribution in [0.1, 0.15) is 32.9 Å². The highest BCUT2D eigenvalue weighted by Gasteiger charge is 2.33. The van der Waals surface area contributed by atoms with Gasteiger partial charge in [0.25, 0.3) is 0 Å². The molecule has 2 aromatic rings. The molecule has 1 aromatic carbocycles. The number of aromatic nitrogens is 1. The number of likely N-dealkylation sites (tertiary alicyclic amines) is 1. The first-order valence-electron chi connectivity index (χ1n) is 9.27. The maximum Gasteiger partial charge on any atom is 0.410 e. The number of nitrogens with two attached hydrogens (primary N) is 2. The minimum absolute atomic E-state index is 0.0293. The molecule has 1 aliphatic heterocycles. The Labute approximate surface area is 174 Å². The average molecular weight is 420 g/mol. The zero-order valence-electron chi connectivity index (χ0n) is 16.7. The molecule has 0 aliphatic carbocycles. The number of amides is 1. The van der Waals surface area contributed by atoms with Crippen molar-refractivity contribution in [3.8, 4) is 0 Å². The van der Waals surface area contributed by atoms with Crippen LogP contribution in [0.3, 0.4) is 0 Å². The Hall–Kier alpha value is -2.62. The Kier molecular flexibility index (Phi) is 5.83. The molecule has 0 radical (unpaired) electrons. The monoisotopic (exact) mass is 419 g/mol. The normalized spacial score (nSPS) is 16.8. The van der Waals surface area contributed by atoms with E-state index in [9.17, 15) is 4.79 Å². The van der Waals surface area contributed by atoms with E-state index in [0.717, 1.165) is 10.8 Å². The van der Waals surface area contributed by atoms with E-state index < -0.39 is 5.60 Å². The van der Waals surface area contributed by atoms with Crippen LogP contribution >= 0.6 is 11.6 Å². The number of fused-ring (bicyclic) bond motifs is 1. The molecule has 6 N–H and O–H groups in total. The molecule has 1 atom stereocenters. The quantitative estimate of drug-likeness (QED) is 0.259. The second-order valence-electron chi connectivity index (χ2n) is 7.99. The van der Waals surface area contributed by atoms with Crippen LogP contribution in [-0.4, -0.2) is 46.5 Å². The van der Waals surface area contributed by atoms with Gasteiger partial charge in [-0.3, -0.25) is 10.4 Å². The van der Waals surface area contributed by atoms with Gasteiger partial charge in [-0.1, -0.05) is 17.7 Å². The Bertz CT molecular complexity index is 944. The fourth-order valence-corrected chi connectivity index (χ4v) is 3.41. The van der Waals surface area contributed by atoms with Crippen LogP contribution in [0.4, 0.5) is 10.6 Å². The van der Waals surface area contributed by atoms with E-state index in [1.165, 1.54) is 5.01 Å². The molecule has 1 amide bonds. The third kappa shape index (κ3) is 4.69. The van der Waals surface area contributed by atoms with Crippen molar-refractivity contribution in [1.82, 2.24) is 15.3 Å². The lowest BCUT2D eigenvalue weighted by Crippen LogP contribution is -2.45. The van der Waals surface area contributed by atoms with Crippen LogP contribution in [0.2, 0.25) is 5.02 Å². The molecular weight excluding hydrogens is 394 g/mol. The van der Waals surface area contributed by atoms with Gasteiger partial charge in [0.05, 0.1) is 6.04 Å².